The Bertz CT molecular complexity index is 772. The summed E-state index contributed by atoms with van der Waals surface area (Å²) >= 11 is 0. The van der Waals surface area contributed by atoms with Gasteiger partial charge in [-0.15, -0.1) is 0 Å². The van der Waals surface area contributed by atoms with Crippen molar-refractivity contribution < 1.29 is 0 Å². The molecule has 0 bridgehead atoms. The first-order valence-corrected chi connectivity index (χ1v) is 10.4. The second kappa shape index (κ2) is 8.99. The van der Waals surface area contributed by atoms with Gasteiger partial charge in [-0.1, -0.05) is 24.3 Å². The minimum Gasteiger partial charge on any atom is -0.341 e. The van der Waals surface area contributed by atoms with Crippen LogP contribution >= 0.6 is 0 Å². The van der Waals surface area contributed by atoms with Gasteiger partial charge in [-0.3, -0.25) is 0 Å². The normalized spacial score (nSPS) is 17.9. The summed E-state index contributed by atoms with van der Waals surface area (Å²) in [5.41, 5.74) is 5.30. The average molecular weight is 380 g/mol. The highest BCUT2D eigenvalue weighted by atomic mass is 15.4. The van der Waals surface area contributed by atoms with Gasteiger partial charge in [0.25, 0.3) is 0 Å². The number of benzene rings is 1. The van der Waals surface area contributed by atoms with Crippen molar-refractivity contribution in [1.29, 1.82) is 0 Å². The maximum Gasteiger partial charge on any atom is 0.250 e. The average Bonchev–Trinajstić information content (AvgIpc) is 2.76. The van der Waals surface area contributed by atoms with Crippen LogP contribution in [-0.4, -0.2) is 47.3 Å². The number of nitrogens with one attached hydrogen (secondary N) is 1. The number of hydrazone groups is 1. The highest BCUT2D eigenvalue weighted by molar-refractivity contribution is 5.81. The van der Waals surface area contributed by atoms with Crippen molar-refractivity contribution in [2.24, 2.45) is 5.10 Å². The highest BCUT2D eigenvalue weighted by Crippen LogP contribution is 2.22. The molecule has 2 aliphatic heterocycles. The summed E-state index contributed by atoms with van der Waals surface area (Å²) in [5.74, 6) is 2.05. The van der Waals surface area contributed by atoms with Gasteiger partial charge in [0.15, 0.2) is 0 Å². The summed E-state index contributed by atoms with van der Waals surface area (Å²) in [4.78, 5) is 18.7. The molecule has 1 aromatic carbocycles. The van der Waals surface area contributed by atoms with Crippen molar-refractivity contribution in [1.82, 2.24) is 15.0 Å². The zero-order valence-corrected chi connectivity index (χ0v) is 16.6. The van der Waals surface area contributed by atoms with E-state index in [0.29, 0.717) is 5.95 Å². The van der Waals surface area contributed by atoms with Crippen LogP contribution in [0.1, 0.15) is 49.7 Å². The minimum atomic E-state index is 0.515. The Hall–Kier alpha value is -2.70. The molecule has 7 heteroatoms. The van der Waals surface area contributed by atoms with E-state index in [9.17, 15) is 0 Å². The molecule has 0 spiro atoms. The first-order chi connectivity index (χ1) is 13.8. The van der Waals surface area contributed by atoms with E-state index in [-0.39, 0.29) is 0 Å². The predicted octanol–water partition coefficient (Wildman–Crippen LogP) is 3.61. The fraction of sp³-hybridized carbons (Fsp3) is 0.524. The molecule has 2 fully saturated rings. The van der Waals surface area contributed by atoms with Crippen LogP contribution in [0.15, 0.2) is 29.4 Å². The van der Waals surface area contributed by atoms with Crippen LogP contribution in [0.2, 0.25) is 0 Å². The summed E-state index contributed by atoms with van der Waals surface area (Å²) in [6, 6.07) is 8.17. The van der Waals surface area contributed by atoms with Crippen LogP contribution in [0.3, 0.4) is 0 Å². The number of anilines is 3. The fourth-order valence-corrected chi connectivity index (χ4v) is 3.77. The third-order valence-electron chi connectivity index (χ3n) is 5.45. The maximum atomic E-state index is 4.80. The lowest BCUT2D eigenvalue weighted by Gasteiger charge is -2.30. The monoisotopic (exact) mass is 379 g/mol. The molecule has 3 heterocycles. The Labute approximate surface area is 166 Å². The Morgan fingerprint density at radius 3 is 1.96 bits per heavy atom. The van der Waals surface area contributed by atoms with Crippen LogP contribution in [-0.2, 0) is 0 Å². The molecule has 28 heavy (non-hydrogen) atoms. The first kappa shape index (κ1) is 18.7. The largest absolute Gasteiger partial charge is 0.341 e. The molecule has 2 aromatic rings. The molecule has 0 aliphatic carbocycles. The van der Waals surface area contributed by atoms with E-state index in [0.717, 1.165) is 43.6 Å². The van der Waals surface area contributed by atoms with Crippen molar-refractivity contribution in [3.63, 3.8) is 0 Å². The molecule has 1 aromatic heterocycles. The van der Waals surface area contributed by atoms with Gasteiger partial charge in [0.1, 0.15) is 0 Å². The molecular formula is C21H29N7. The van der Waals surface area contributed by atoms with Crippen LogP contribution in [0, 0.1) is 6.92 Å². The summed E-state index contributed by atoms with van der Waals surface area (Å²) in [6.07, 6.45) is 9.16. The number of piperidine rings is 2. The standard InChI is InChI=1S/C21H29N7/c1-17-10-4-5-11-18(17)16-22-26-19-23-20(27-12-6-2-7-13-27)25-21(24-19)28-14-8-3-9-15-28/h4-5,10-11,16H,2-3,6-9,12-15H2,1H3,(H,23,24,25,26)/b22-16-. The summed E-state index contributed by atoms with van der Waals surface area (Å²) in [7, 11) is 0. The van der Waals surface area contributed by atoms with Gasteiger partial charge in [-0.2, -0.15) is 20.1 Å². The van der Waals surface area contributed by atoms with Gasteiger partial charge in [0.05, 0.1) is 6.21 Å². The van der Waals surface area contributed by atoms with Crippen molar-refractivity contribution in [3.8, 4) is 0 Å². The molecule has 0 saturated carbocycles. The van der Waals surface area contributed by atoms with E-state index in [1.54, 1.807) is 0 Å². The Balaban J connectivity index is 1.56. The highest BCUT2D eigenvalue weighted by Gasteiger charge is 2.20. The Morgan fingerprint density at radius 2 is 1.39 bits per heavy atom. The SMILES string of the molecule is Cc1ccccc1/C=N\Nc1nc(N2CCCCC2)nc(N2CCCCC2)n1. The zero-order chi connectivity index (χ0) is 19.2. The summed E-state index contributed by atoms with van der Waals surface area (Å²) < 4.78 is 0. The molecule has 7 nitrogen and oxygen atoms in total. The van der Waals surface area contributed by atoms with E-state index in [1.165, 1.54) is 44.1 Å². The summed E-state index contributed by atoms with van der Waals surface area (Å²) in [5, 5.41) is 4.38. The molecule has 0 atom stereocenters. The van der Waals surface area contributed by atoms with Crippen molar-refractivity contribution in [3.05, 3.63) is 35.4 Å². The number of aryl methyl sites for hydroxylation is 1. The second-order valence-corrected chi connectivity index (χ2v) is 7.58. The number of hydrogen-bond acceptors (Lipinski definition) is 7. The van der Waals surface area contributed by atoms with Crippen LogP contribution in [0.25, 0.3) is 0 Å². The first-order valence-electron chi connectivity index (χ1n) is 10.4. The van der Waals surface area contributed by atoms with E-state index in [1.807, 2.05) is 24.4 Å². The number of aromatic nitrogens is 3. The molecular weight excluding hydrogens is 350 g/mol. The van der Waals surface area contributed by atoms with Crippen molar-refractivity contribution in [2.75, 3.05) is 41.4 Å². The van der Waals surface area contributed by atoms with E-state index < -0.39 is 0 Å². The van der Waals surface area contributed by atoms with Crippen molar-refractivity contribution in [2.45, 2.75) is 45.4 Å². The van der Waals surface area contributed by atoms with Crippen molar-refractivity contribution >= 4 is 24.1 Å². The van der Waals surface area contributed by atoms with E-state index >= 15 is 0 Å². The quantitative estimate of drug-likeness (QED) is 0.632. The molecule has 4 rings (SSSR count). The summed E-state index contributed by atoms with van der Waals surface area (Å²) in [6.45, 7) is 6.11. The van der Waals surface area contributed by atoms with Gasteiger partial charge in [0, 0.05) is 26.2 Å². The van der Waals surface area contributed by atoms with Gasteiger partial charge in [0.2, 0.25) is 17.8 Å². The van der Waals surface area contributed by atoms with E-state index in [4.69, 9.17) is 4.98 Å². The number of hydrogen-bond donors (Lipinski definition) is 1. The molecule has 148 valence electrons. The van der Waals surface area contributed by atoms with Crippen LogP contribution in [0.5, 0.6) is 0 Å². The van der Waals surface area contributed by atoms with Crippen LogP contribution < -0.4 is 15.2 Å². The van der Waals surface area contributed by atoms with Gasteiger partial charge in [-0.05, 0) is 56.6 Å². The number of rotatable bonds is 5. The molecule has 0 unspecified atom stereocenters. The predicted molar refractivity (Wildman–Crippen MR) is 114 cm³/mol. The maximum absolute atomic E-state index is 4.80. The zero-order valence-electron chi connectivity index (χ0n) is 16.6. The van der Waals surface area contributed by atoms with Crippen LogP contribution in [0.4, 0.5) is 17.8 Å². The molecule has 0 radical (unpaired) electrons. The van der Waals surface area contributed by atoms with Gasteiger partial charge < -0.3 is 9.80 Å². The topological polar surface area (TPSA) is 69.5 Å². The van der Waals surface area contributed by atoms with E-state index in [2.05, 4.69) is 43.3 Å². The Morgan fingerprint density at radius 1 is 0.821 bits per heavy atom. The smallest absolute Gasteiger partial charge is 0.250 e. The lowest BCUT2D eigenvalue weighted by molar-refractivity contribution is 0.556. The second-order valence-electron chi connectivity index (χ2n) is 7.58. The minimum absolute atomic E-state index is 0.515. The molecule has 2 aliphatic rings. The number of nitrogens with zero attached hydrogens (tertiary/aromatic N) is 6. The lowest BCUT2D eigenvalue weighted by Crippen LogP contribution is -2.34. The lowest BCUT2D eigenvalue weighted by atomic mass is 10.1. The molecule has 2 saturated heterocycles. The fourth-order valence-electron chi connectivity index (χ4n) is 3.77. The molecule has 0 amide bonds. The molecule has 1 N–H and O–H groups in total. The third kappa shape index (κ3) is 4.58. The van der Waals surface area contributed by atoms with Gasteiger partial charge >= 0.3 is 0 Å². The third-order valence-corrected chi connectivity index (χ3v) is 5.45. The van der Waals surface area contributed by atoms with Gasteiger partial charge in [-0.25, -0.2) is 5.43 Å². The Kier molecular flexibility index (Phi) is 5.99.